The summed E-state index contributed by atoms with van der Waals surface area (Å²) in [5.74, 6) is 13.9. The summed E-state index contributed by atoms with van der Waals surface area (Å²) in [5, 5.41) is 2.14. The van der Waals surface area contributed by atoms with Gasteiger partial charge in [-0.15, -0.1) is 0 Å². The molecule has 0 N–H and O–H groups in total. The topological polar surface area (TPSA) is 28.2 Å². The van der Waals surface area contributed by atoms with Crippen LogP contribution in [0.15, 0.2) is 78.9 Å². The molecule has 240 valence electrons. The lowest BCUT2D eigenvalue weighted by molar-refractivity contribution is 0.169. The average Bonchev–Trinajstić information content (AvgIpc) is 3.04. The highest BCUT2D eigenvalue weighted by Gasteiger charge is 2.27. The van der Waals surface area contributed by atoms with Crippen molar-refractivity contribution in [3.05, 3.63) is 107 Å². The zero-order chi connectivity index (χ0) is 33.2. The van der Waals surface area contributed by atoms with Gasteiger partial charge in [-0.05, 0) is 105 Å². The number of fused-ring (bicyclic) bond motifs is 1. The standard InChI is InChI=1S/C40H48N3O2P/c1-10-27-44-46(43(30(2)3)31(4)5)45-29-35-28-34(21-15-32-16-22-36(23-17-32)41(6)7)38-13-11-12-14-40(38)39(35)26-20-33-18-24-37(25-19-33)42(8)9/h11-14,16-19,22-25,28,30-31H,10,27,29H2,1-9H3. The van der Waals surface area contributed by atoms with Crippen LogP contribution in [0, 0.1) is 23.7 Å². The van der Waals surface area contributed by atoms with Crippen molar-refractivity contribution in [1.82, 2.24) is 4.67 Å². The van der Waals surface area contributed by atoms with E-state index in [1.54, 1.807) is 0 Å². The van der Waals surface area contributed by atoms with Gasteiger partial charge >= 0.3 is 0 Å². The molecule has 0 saturated heterocycles. The molecule has 6 heteroatoms. The zero-order valence-electron chi connectivity index (χ0n) is 28.9. The van der Waals surface area contributed by atoms with E-state index in [-0.39, 0.29) is 12.1 Å². The van der Waals surface area contributed by atoms with Crippen LogP contribution >= 0.6 is 8.53 Å². The molecule has 0 fully saturated rings. The third-order valence-electron chi connectivity index (χ3n) is 7.55. The number of anilines is 2. The van der Waals surface area contributed by atoms with Crippen molar-refractivity contribution in [1.29, 1.82) is 0 Å². The van der Waals surface area contributed by atoms with Crippen LogP contribution in [0.1, 0.15) is 68.9 Å². The molecule has 4 aromatic rings. The van der Waals surface area contributed by atoms with Crippen LogP contribution < -0.4 is 9.80 Å². The fourth-order valence-electron chi connectivity index (χ4n) is 5.20. The van der Waals surface area contributed by atoms with Crippen molar-refractivity contribution >= 4 is 30.7 Å². The molecule has 4 rings (SSSR count). The van der Waals surface area contributed by atoms with E-state index in [0.717, 1.165) is 56.4 Å². The van der Waals surface area contributed by atoms with Crippen LogP contribution in [0.3, 0.4) is 0 Å². The second-order valence-electron chi connectivity index (χ2n) is 12.3. The number of hydrogen-bond donors (Lipinski definition) is 0. The Morgan fingerprint density at radius 2 is 1.17 bits per heavy atom. The molecule has 0 radical (unpaired) electrons. The quantitative estimate of drug-likeness (QED) is 0.121. The minimum Gasteiger partial charge on any atom is -0.378 e. The highest BCUT2D eigenvalue weighted by molar-refractivity contribution is 7.44. The van der Waals surface area contributed by atoms with Gasteiger partial charge in [0.25, 0.3) is 8.53 Å². The fraction of sp³-hybridized carbons (Fsp3) is 0.350. The lowest BCUT2D eigenvalue weighted by Gasteiger charge is -2.35. The summed E-state index contributed by atoms with van der Waals surface area (Å²) in [6.07, 6.45) is 0.931. The van der Waals surface area contributed by atoms with Gasteiger partial charge in [-0.25, -0.2) is 4.67 Å². The van der Waals surface area contributed by atoms with Gasteiger partial charge in [-0.2, -0.15) is 0 Å². The van der Waals surface area contributed by atoms with Crippen molar-refractivity contribution in [3.8, 4) is 23.7 Å². The van der Waals surface area contributed by atoms with Crippen molar-refractivity contribution < 1.29 is 9.05 Å². The molecule has 46 heavy (non-hydrogen) atoms. The van der Waals surface area contributed by atoms with Gasteiger partial charge in [0.2, 0.25) is 0 Å². The maximum Gasteiger partial charge on any atom is 0.259 e. The molecular weight excluding hydrogens is 585 g/mol. The van der Waals surface area contributed by atoms with Gasteiger partial charge in [-0.3, -0.25) is 0 Å². The van der Waals surface area contributed by atoms with E-state index in [1.165, 1.54) is 0 Å². The Morgan fingerprint density at radius 1 is 0.652 bits per heavy atom. The molecule has 0 heterocycles. The lowest BCUT2D eigenvalue weighted by Crippen LogP contribution is -2.33. The Morgan fingerprint density at radius 3 is 1.67 bits per heavy atom. The molecule has 1 atom stereocenters. The lowest BCUT2D eigenvalue weighted by atomic mass is 9.94. The first-order valence-corrected chi connectivity index (χ1v) is 17.2. The molecule has 0 amide bonds. The number of nitrogens with zero attached hydrogens (tertiary/aromatic N) is 3. The second-order valence-corrected chi connectivity index (χ2v) is 13.8. The largest absolute Gasteiger partial charge is 0.378 e. The van der Waals surface area contributed by atoms with E-state index < -0.39 is 8.53 Å². The van der Waals surface area contributed by atoms with Crippen molar-refractivity contribution in [2.45, 2.75) is 59.7 Å². The van der Waals surface area contributed by atoms with Gasteiger partial charge in [-0.1, -0.05) is 54.9 Å². The highest BCUT2D eigenvalue weighted by atomic mass is 31.2. The minimum absolute atomic E-state index is 0.282. The Bertz CT molecular complexity index is 1700. The van der Waals surface area contributed by atoms with Gasteiger partial charge in [0, 0.05) is 73.9 Å². The fourth-order valence-corrected chi connectivity index (χ4v) is 6.88. The Kier molecular flexibility index (Phi) is 12.7. The summed E-state index contributed by atoms with van der Waals surface area (Å²) in [4.78, 5) is 4.18. The van der Waals surface area contributed by atoms with Crippen molar-refractivity contribution in [3.63, 3.8) is 0 Å². The average molecular weight is 634 g/mol. The SMILES string of the molecule is CCCOP(OCc1cc(C#Cc2ccc(N(C)C)cc2)c2ccccc2c1C#Cc1ccc(N(C)C)cc1)N(C(C)C)C(C)C. The third-order valence-corrected chi connectivity index (χ3v) is 9.60. The van der Waals surface area contributed by atoms with E-state index in [0.29, 0.717) is 13.2 Å². The van der Waals surface area contributed by atoms with E-state index in [1.807, 2.05) is 28.2 Å². The van der Waals surface area contributed by atoms with Crippen LogP contribution in [0.2, 0.25) is 0 Å². The maximum absolute atomic E-state index is 6.69. The summed E-state index contributed by atoms with van der Waals surface area (Å²) >= 11 is 0. The maximum atomic E-state index is 6.69. The highest BCUT2D eigenvalue weighted by Crippen LogP contribution is 2.47. The molecular formula is C40H48N3O2P. The van der Waals surface area contributed by atoms with Gasteiger partial charge < -0.3 is 18.8 Å². The Hall–Kier alpha value is -3.83. The van der Waals surface area contributed by atoms with E-state index in [4.69, 9.17) is 9.05 Å². The minimum atomic E-state index is -1.27. The summed E-state index contributed by atoms with van der Waals surface area (Å²) in [6, 6.07) is 27.8. The number of hydrogen-bond acceptors (Lipinski definition) is 5. The molecule has 0 aromatic heterocycles. The molecule has 1 unspecified atom stereocenters. The molecule has 0 aliphatic heterocycles. The van der Waals surface area contributed by atoms with Crippen LogP contribution in [-0.4, -0.2) is 51.6 Å². The zero-order valence-corrected chi connectivity index (χ0v) is 29.8. The van der Waals surface area contributed by atoms with E-state index in [9.17, 15) is 0 Å². The first-order valence-electron chi connectivity index (χ1n) is 16.1. The van der Waals surface area contributed by atoms with Crippen LogP contribution in [0.4, 0.5) is 11.4 Å². The number of rotatable bonds is 11. The van der Waals surface area contributed by atoms with Crippen LogP contribution in [0.25, 0.3) is 10.8 Å². The predicted octanol–water partition coefficient (Wildman–Crippen LogP) is 9.06. The van der Waals surface area contributed by atoms with Crippen LogP contribution in [0.5, 0.6) is 0 Å². The van der Waals surface area contributed by atoms with E-state index in [2.05, 4.69) is 152 Å². The molecule has 0 aliphatic rings. The van der Waals surface area contributed by atoms with Gasteiger partial charge in [0.05, 0.1) is 13.2 Å². The number of benzene rings is 4. The van der Waals surface area contributed by atoms with E-state index >= 15 is 0 Å². The normalized spacial score (nSPS) is 11.7. The summed E-state index contributed by atoms with van der Waals surface area (Å²) < 4.78 is 15.4. The van der Waals surface area contributed by atoms with Gasteiger partial charge in [0.15, 0.2) is 0 Å². The molecule has 0 aliphatic carbocycles. The molecule has 4 aromatic carbocycles. The smallest absolute Gasteiger partial charge is 0.259 e. The molecule has 0 bridgehead atoms. The van der Waals surface area contributed by atoms with Crippen molar-refractivity contribution in [2.24, 2.45) is 0 Å². The Balaban J connectivity index is 1.82. The molecule has 0 saturated carbocycles. The summed E-state index contributed by atoms with van der Waals surface area (Å²) in [6.45, 7) is 11.9. The first kappa shape index (κ1) is 35.0. The predicted molar refractivity (Wildman–Crippen MR) is 198 cm³/mol. The first-order chi connectivity index (χ1) is 22.1. The van der Waals surface area contributed by atoms with Crippen LogP contribution in [-0.2, 0) is 15.7 Å². The monoisotopic (exact) mass is 633 g/mol. The molecule has 0 spiro atoms. The molecule has 5 nitrogen and oxygen atoms in total. The third kappa shape index (κ3) is 9.13. The van der Waals surface area contributed by atoms with Gasteiger partial charge in [0.1, 0.15) is 0 Å². The summed E-state index contributed by atoms with van der Waals surface area (Å²) in [5.41, 5.74) is 7.14. The van der Waals surface area contributed by atoms with Crippen molar-refractivity contribution in [2.75, 3.05) is 44.6 Å². The summed E-state index contributed by atoms with van der Waals surface area (Å²) in [7, 11) is 6.90. The Labute approximate surface area is 278 Å². The second kappa shape index (κ2) is 16.6.